The molecule has 4 fully saturated rings. The molecule has 0 radical (unpaired) electrons. The van der Waals surface area contributed by atoms with Gasteiger partial charge in [0.2, 0.25) is 0 Å². The van der Waals surface area contributed by atoms with Crippen molar-refractivity contribution in [3.05, 3.63) is 12.7 Å². The lowest BCUT2D eigenvalue weighted by atomic mass is 9.94. The van der Waals surface area contributed by atoms with E-state index in [1.807, 2.05) is 0 Å². The molecule has 26 heavy (non-hydrogen) atoms. The summed E-state index contributed by atoms with van der Waals surface area (Å²) in [5.74, 6) is -1.24. The Labute approximate surface area is 155 Å². The van der Waals surface area contributed by atoms with E-state index in [9.17, 15) is 10.2 Å². The zero-order chi connectivity index (χ0) is 18.2. The first kappa shape index (κ1) is 18.8. The molecule has 2 heterocycles. The molecule has 0 aromatic rings. The number of aliphatic hydroxyl groups excluding tert-OH is 2. The monoisotopic (exact) mass is 368 g/mol. The zero-order valence-corrected chi connectivity index (χ0v) is 15.5. The quantitative estimate of drug-likeness (QED) is 0.742. The van der Waals surface area contributed by atoms with Gasteiger partial charge in [-0.25, -0.2) is 0 Å². The molecule has 2 N–H and O–H groups in total. The van der Waals surface area contributed by atoms with Gasteiger partial charge >= 0.3 is 0 Å². The number of hydrogen-bond donors (Lipinski definition) is 2. The van der Waals surface area contributed by atoms with Crippen molar-refractivity contribution in [1.82, 2.24) is 0 Å². The van der Waals surface area contributed by atoms with Crippen LogP contribution in [0, 0.1) is 0 Å². The molecule has 0 aromatic carbocycles. The van der Waals surface area contributed by atoms with Gasteiger partial charge < -0.3 is 29.2 Å². The van der Waals surface area contributed by atoms with Crippen LogP contribution in [0.1, 0.15) is 64.2 Å². The van der Waals surface area contributed by atoms with Gasteiger partial charge in [-0.05, 0) is 25.7 Å². The Morgan fingerprint density at radius 2 is 1.38 bits per heavy atom. The van der Waals surface area contributed by atoms with Crippen LogP contribution in [0.25, 0.3) is 0 Å². The molecule has 0 aromatic heterocycles. The van der Waals surface area contributed by atoms with Crippen molar-refractivity contribution in [2.75, 3.05) is 6.61 Å². The minimum atomic E-state index is -0.905. The van der Waals surface area contributed by atoms with Crippen LogP contribution in [0.15, 0.2) is 12.7 Å². The minimum Gasteiger partial charge on any atom is -0.387 e. The molecule has 2 saturated carbocycles. The number of aliphatic hydroxyl groups is 2. The third-order valence-electron chi connectivity index (χ3n) is 6.43. The van der Waals surface area contributed by atoms with E-state index in [4.69, 9.17) is 18.9 Å². The molecule has 2 saturated heterocycles. The summed E-state index contributed by atoms with van der Waals surface area (Å²) in [6.07, 6.45) is 7.88. The van der Waals surface area contributed by atoms with E-state index < -0.39 is 42.1 Å². The van der Waals surface area contributed by atoms with E-state index in [-0.39, 0.29) is 0 Å². The molecular formula is C20H32O6. The minimum absolute atomic E-state index is 0.352. The van der Waals surface area contributed by atoms with Crippen LogP contribution in [0.5, 0.6) is 0 Å². The fraction of sp³-hybridized carbons (Fsp3) is 0.900. The van der Waals surface area contributed by atoms with Gasteiger partial charge in [-0.1, -0.05) is 18.9 Å². The van der Waals surface area contributed by atoms with E-state index in [2.05, 4.69) is 6.58 Å². The SMILES string of the molecule is C=C[C@@H](O)[C@@H]1OC2(CCCCC2)O[C@@H]1[C@@H](O)[C@H]1COC2(CCCCC2)O1. The largest absolute Gasteiger partial charge is 0.387 e. The third-order valence-corrected chi connectivity index (χ3v) is 6.43. The Bertz CT molecular complexity index is 497. The number of rotatable bonds is 4. The Balaban J connectivity index is 1.47. The van der Waals surface area contributed by atoms with Crippen LogP contribution in [0.3, 0.4) is 0 Å². The van der Waals surface area contributed by atoms with E-state index in [1.165, 1.54) is 18.9 Å². The maximum Gasteiger partial charge on any atom is 0.169 e. The molecule has 2 aliphatic carbocycles. The third kappa shape index (κ3) is 3.48. The molecule has 4 rings (SSSR count). The average Bonchev–Trinajstić information content (AvgIpc) is 3.24. The van der Waals surface area contributed by atoms with Crippen molar-refractivity contribution in [3.8, 4) is 0 Å². The maximum absolute atomic E-state index is 11.0. The van der Waals surface area contributed by atoms with Crippen molar-refractivity contribution in [3.63, 3.8) is 0 Å². The predicted octanol–water partition coefficient (Wildman–Crippen LogP) is 2.41. The predicted molar refractivity (Wildman–Crippen MR) is 94.4 cm³/mol. The van der Waals surface area contributed by atoms with E-state index >= 15 is 0 Å². The van der Waals surface area contributed by atoms with Crippen LogP contribution in [0.4, 0.5) is 0 Å². The number of hydrogen-bond acceptors (Lipinski definition) is 6. The Morgan fingerprint density at radius 3 is 2.00 bits per heavy atom. The first-order valence-electron chi connectivity index (χ1n) is 10.2. The summed E-state index contributed by atoms with van der Waals surface area (Å²) in [4.78, 5) is 0. The van der Waals surface area contributed by atoms with Crippen molar-refractivity contribution < 1.29 is 29.2 Å². The Morgan fingerprint density at radius 1 is 0.808 bits per heavy atom. The van der Waals surface area contributed by atoms with Gasteiger partial charge in [-0.15, -0.1) is 6.58 Å². The van der Waals surface area contributed by atoms with Gasteiger partial charge in [0.25, 0.3) is 0 Å². The van der Waals surface area contributed by atoms with Crippen LogP contribution in [0.2, 0.25) is 0 Å². The summed E-state index contributed by atoms with van der Waals surface area (Å²) < 4.78 is 24.6. The lowest BCUT2D eigenvalue weighted by Crippen LogP contribution is -2.48. The summed E-state index contributed by atoms with van der Waals surface area (Å²) in [6, 6.07) is 0. The summed E-state index contributed by atoms with van der Waals surface area (Å²) in [7, 11) is 0. The van der Waals surface area contributed by atoms with Crippen LogP contribution >= 0.6 is 0 Å². The second kappa shape index (κ2) is 7.49. The zero-order valence-electron chi connectivity index (χ0n) is 15.5. The molecule has 0 amide bonds. The van der Waals surface area contributed by atoms with E-state index in [0.717, 1.165) is 51.4 Å². The lowest BCUT2D eigenvalue weighted by molar-refractivity contribution is -0.217. The number of ether oxygens (including phenoxy) is 4. The summed E-state index contributed by atoms with van der Waals surface area (Å²) in [5, 5.41) is 21.4. The van der Waals surface area contributed by atoms with Gasteiger partial charge in [0.1, 0.15) is 30.5 Å². The highest BCUT2D eigenvalue weighted by Gasteiger charge is 2.55. The maximum atomic E-state index is 11.0. The normalized spacial score (nSPS) is 38.5. The molecule has 6 heteroatoms. The molecule has 2 spiro atoms. The van der Waals surface area contributed by atoms with Gasteiger partial charge in [0, 0.05) is 25.7 Å². The Hall–Kier alpha value is -0.500. The Kier molecular flexibility index (Phi) is 5.43. The van der Waals surface area contributed by atoms with Gasteiger partial charge in [0.05, 0.1) is 6.61 Å². The molecule has 148 valence electrons. The van der Waals surface area contributed by atoms with Gasteiger partial charge in [0.15, 0.2) is 11.6 Å². The standard InChI is InChI=1S/C20H32O6/c1-2-14(21)17-18(26-20(25-17)11-7-4-8-12-20)16(22)15-13-23-19(24-15)9-5-3-6-10-19/h2,14-18,21-22H,1,3-13H2/t14-,15-,16+,17+,18-/m1/s1. The summed E-state index contributed by atoms with van der Waals surface area (Å²) in [5.41, 5.74) is 0. The van der Waals surface area contributed by atoms with Crippen LogP contribution in [-0.4, -0.2) is 58.9 Å². The van der Waals surface area contributed by atoms with E-state index in [0.29, 0.717) is 6.61 Å². The summed E-state index contributed by atoms with van der Waals surface area (Å²) >= 11 is 0. The molecule has 0 unspecified atom stereocenters. The second-order valence-corrected chi connectivity index (χ2v) is 8.29. The smallest absolute Gasteiger partial charge is 0.169 e. The fourth-order valence-corrected chi connectivity index (χ4v) is 4.96. The van der Waals surface area contributed by atoms with Crippen molar-refractivity contribution >= 4 is 0 Å². The van der Waals surface area contributed by atoms with Crippen molar-refractivity contribution in [2.45, 2.75) is 106 Å². The topological polar surface area (TPSA) is 77.4 Å². The highest BCUT2D eigenvalue weighted by Crippen LogP contribution is 2.44. The molecule has 5 atom stereocenters. The van der Waals surface area contributed by atoms with Crippen LogP contribution in [-0.2, 0) is 18.9 Å². The fourth-order valence-electron chi connectivity index (χ4n) is 4.96. The van der Waals surface area contributed by atoms with Gasteiger partial charge in [-0.2, -0.15) is 0 Å². The van der Waals surface area contributed by atoms with Crippen molar-refractivity contribution in [2.24, 2.45) is 0 Å². The van der Waals surface area contributed by atoms with Crippen LogP contribution < -0.4 is 0 Å². The molecule has 0 bridgehead atoms. The molecular weight excluding hydrogens is 336 g/mol. The lowest BCUT2D eigenvalue weighted by Gasteiger charge is -2.34. The van der Waals surface area contributed by atoms with Crippen molar-refractivity contribution in [1.29, 1.82) is 0 Å². The highest BCUT2D eigenvalue weighted by atomic mass is 16.8. The first-order chi connectivity index (χ1) is 12.6. The molecule has 2 aliphatic heterocycles. The van der Waals surface area contributed by atoms with Gasteiger partial charge in [-0.3, -0.25) is 0 Å². The first-order valence-corrected chi connectivity index (χ1v) is 10.2. The van der Waals surface area contributed by atoms with E-state index in [1.54, 1.807) is 0 Å². The highest BCUT2D eigenvalue weighted by molar-refractivity contribution is 5.01. The molecule has 4 aliphatic rings. The molecule has 6 nitrogen and oxygen atoms in total. The summed E-state index contributed by atoms with van der Waals surface area (Å²) in [6.45, 7) is 4.03. The second-order valence-electron chi connectivity index (χ2n) is 8.29. The average molecular weight is 368 g/mol.